The Morgan fingerprint density at radius 3 is 1.27 bits per heavy atom. The maximum Gasteiger partial charge on any atom is 0.337 e. The van der Waals surface area contributed by atoms with Gasteiger partial charge in [-0.3, -0.25) is 24.4 Å². The van der Waals surface area contributed by atoms with Crippen LogP contribution in [0, 0.1) is 0 Å². The normalized spacial score (nSPS) is 24.1. The summed E-state index contributed by atoms with van der Waals surface area (Å²) in [6, 6.07) is 31.1. The van der Waals surface area contributed by atoms with Crippen LogP contribution in [0.3, 0.4) is 0 Å². The van der Waals surface area contributed by atoms with E-state index in [1.807, 2.05) is 48.5 Å². The molecule has 4 amide bonds. The van der Waals surface area contributed by atoms with E-state index in [1.54, 1.807) is 29.2 Å². The summed E-state index contributed by atoms with van der Waals surface area (Å²) in [5, 5.41) is 11.4. The fourth-order valence-corrected chi connectivity index (χ4v) is 17.9. The molecule has 0 aliphatic carbocycles. The molecule has 6 aliphatic heterocycles. The van der Waals surface area contributed by atoms with Crippen molar-refractivity contribution in [3.63, 3.8) is 0 Å². The molecule has 0 aromatic heterocycles. The smallest absolute Gasteiger partial charge is 0.337 e. The van der Waals surface area contributed by atoms with Crippen LogP contribution < -0.4 is 20.6 Å². The molecule has 19 nitrogen and oxygen atoms in total. The standard InChI is InChI=1S/C20H19NO5S.C19H18N2O5S.C14H15NO5S/c1-26-18(22)15-7-8-17-14(13-15)9-10-20(27(17,24)25)11-12-21(19(20)23)16-5-3-2-4-6-16;22-17(20-24)14-6-7-16-13(12-14)8-9-19(27(16,25)26)10-11-21(18(19)23)15-4-2-1-3-5-15;1-20-12(16)10-2-3-11-9(8-10)4-5-14(21(11,18)19)6-7-15-13(14)17/h2-8,13H,9-12H2,1H3;1-7,12,24H,8-11H2,(H,20,22);2-3,8H,4-7H2,1H3,(H,15,17). The Morgan fingerprint density at radius 2 is 0.893 bits per heavy atom. The minimum atomic E-state index is -3.91. The number of hydrogen-bond acceptors (Lipinski definition) is 15. The number of sulfone groups is 3. The zero-order chi connectivity index (χ0) is 53.7. The van der Waals surface area contributed by atoms with Gasteiger partial charge in [-0.1, -0.05) is 36.4 Å². The third-order valence-electron chi connectivity index (χ3n) is 15.3. The lowest BCUT2D eigenvalue weighted by molar-refractivity contribution is -0.121. The second-order valence-electron chi connectivity index (χ2n) is 19.0. The lowest BCUT2D eigenvalue weighted by atomic mass is 9.95. The Bertz CT molecular complexity index is 3370. The molecule has 3 fully saturated rings. The first-order valence-electron chi connectivity index (χ1n) is 24.0. The van der Waals surface area contributed by atoms with E-state index in [-0.39, 0.29) is 58.3 Å². The van der Waals surface area contributed by atoms with Gasteiger partial charge >= 0.3 is 11.9 Å². The van der Waals surface area contributed by atoms with E-state index < -0.39 is 73.4 Å². The number of hydrogen-bond donors (Lipinski definition) is 3. The molecular weight excluding hydrogens is 1030 g/mol. The number of hydroxylamine groups is 1. The number of aryl methyl sites for hydroxylation is 3. The number of carbonyl (C=O) groups excluding carboxylic acids is 6. The number of anilines is 2. The zero-order valence-corrected chi connectivity index (χ0v) is 43.2. The number of para-hydroxylation sites is 2. The number of nitrogens with zero attached hydrogens (tertiary/aromatic N) is 2. The van der Waals surface area contributed by atoms with Gasteiger partial charge in [0.25, 0.3) is 5.91 Å². The van der Waals surface area contributed by atoms with Crippen molar-refractivity contribution in [2.24, 2.45) is 0 Å². The second-order valence-corrected chi connectivity index (χ2v) is 25.7. The van der Waals surface area contributed by atoms with Crippen LogP contribution in [0.25, 0.3) is 0 Å². The van der Waals surface area contributed by atoms with Gasteiger partial charge < -0.3 is 24.6 Å². The van der Waals surface area contributed by atoms with Crippen LogP contribution in [0.1, 0.15) is 86.3 Å². The SMILES string of the molecule is COC(=O)c1ccc2c(c1)CCC1(CCN(c3ccccc3)C1=O)S2(=O)=O.COC(=O)c1ccc2c(c1)CCC1(CCNC1=O)S2(=O)=O.O=C(NO)c1ccc2c(c1)CCC1(CCN(c3ccccc3)C1=O)S2(=O)=O. The first-order chi connectivity index (χ1) is 35.7. The van der Waals surface area contributed by atoms with Gasteiger partial charge in [-0.2, -0.15) is 0 Å². The number of esters is 2. The van der Waals surface area contributed by atoms with Gasteiger partial charge in [-0.15, -0.1) is 0 Å². The van der Waals surface area contributed by atoms with Crippen LogP contribution in [0.4, 0.5) is 11.4 Å². The van der Waals surface area contributed by atoms with Crippen molar-refractivity contribution in [2.75, 3.05) is 43.7 Å². The molecule has 3 saturated heterocycles. The molecular formula is C53H52N4O15S3. The van der Waals surface area contributed by atoms with E-state index in [4.69, 9.17) is 9.94 Å². The summed E-state index contributed by atoms with van der Waals surface area (Å²) in [5.74, 6) is -2.89. The van der Waals surface area contributed by atoms with Crippen LogP contribution in [-0.4, -0.2) is 114 Å². The Labute approximate surface area is 432 Å². The van der Waals surface area contributed by atoms with E-state index in [0.717, 1.165) is 0 Å². The molecule has 0 saturated carbocycles. The Balaban J connectivity index is 0.000000139. The van der Waals surface area contributed by atoms with Gasteiger partial charge in [-0.25, -0.2) is 40.3 Å². The number of fused-ring (bicyclic) bond motifs is 3. The molecule has 3 atom stereocenters. The second kappa shape index (κ2) is 19.8. The van der Waals surface area contributed by atoms with Crippen LogP contribution in [0.5, 0.6) is 0 Å². The zero-order valence-electron chi connectivity index (χ0n) is 40.7. The maximum atomic E-state index is 13.4. The predicted molar refractivity (Wildman–Crippen MR) is 270 cm³/mol. The highest BCUT2D eigenvalue weighted by atomic mass is 32.2. The van der Waals surface area contributed by atoms with Crippen LogP contribution in [0.15, 0.2) is 130 Å². The van der Waals surface area contributed by atoms with Gasteiger partial charge in [0.15, 0.2) is 43.8 Å². The fraction of sp³-hybridized carbons (Fsp3) is 0.321. The minimum absolute atomic E-state index is 0.0894. The lowest BCUT2D eigenvalue weighted by Gasteiger charge is -2.33. The van der Waals surface area contributed by atoms with Crippen molar-refractivity contribution in [2.45, 2.75) is 86.7 Å². The molecule has 22 heteroatoms. The monoisotopic (exact) mass is 1080 g/mol. The van der Waals surface area contributed by atoms with Gasteiger partial charge in [0.05, 0.1) is 40.0 Å². The third-order valence-corrected chi connectivity index (χ3v) is 23.1. The molecule has 0 radical (unpaired) electrons. The number of methoxy groups -OCH3 is 2. The summed E-state index contributed by atoms with van der Waals surface area (Å²) >= 11 is 0. The predicted octanol–water partition coefficient (Wildman–Crippen LogP) is 4.52. The van der Waals surface area contributed by atoms with E-state index >= 15 is 0 Å². The van der Waals surface area contributed by atoms with Gasteiger partial charge in [0.2, 0.25) is 17.7 Å². The Morgan fingerprint density at radius 1 is 0.520 bits per heavy atom. The molecule has 5 aromatic rings. The molecule has 5 aromatic carbocycles. The maximum absolute atomic E-state index is 13.4. The number of amides is 4. The van der Waals surface area contributed by atoms with Crippen molar-refractivity contribution in [3.05, 3.63) is 149 Å². The quantitative estimate of drug-likeness (QED) is 0.124. The molecule has 11 rings (SSSR count). The highest BCUT2D eigenvalue weighted by Crippen LogP contribution is 2.48. The van der Waals surface area contributed by atoms with Crippen molar-refractivity contribution in [1.82, 2.24) is 10.8 Å². The molecule has 75 heavy (non-hydrogen) atoms. The summed E-state index contributed by atoms with van der Waals surface area (Å²) in [6.45, 7) is 1.10. The van der Waals surface area contributed by atoms with Crippen molar-refractivity contribution < 1.29 is 68.7 Å². The summed E-state index contributed by atoms with van der Waals surface area (Å²) in [5.41, 5.74) is 5.37. The minimum Gasteiger partial charge on any atom is -0.465 e. The third kappa shape index (κ3) is 8.47. The molecule has 0 bridgehead atoms. The first kappa shape index (κ1) is 52.6. The topological polar surface area (TPSA) is 274 Å². The highest BCUT2D eigenvalue weighted by Gasteiger charge is 2.61. The number of rotatable bonds is 5. The summed E-state index contributed by atoms with van der Waals surface area (Å²) in [7, 11) is -8.96. The molecule has 3 spiro atoms. The molecule has 3 N–H and O–H groups in total. The van der Waals surface area contributed by atoms with Gasteiger partial charge in [0, 0.05) is 36.6 Å². The van der Waals surface area contributed by atoms with E-state index in [1.165, 1.54) is 67.1 Å². The van der Waals surface area contributed by atoms with Crippen molar-refractivity contribution in [1.29, 1.82) is 0 Å². The summed E-state index contributed by atoms with van der Waals surface area (Å²) in [4.78, 5) is 76.7. The molecule has 6 heterocycles. The summed E-state index contributed by atoms with van der Waals surface area (Å²) in [6.07, 6.45) is 2.69. The highest BCUT2D eigenvalue weighted by molar-refractivity contribution is 7.94. The fourth-order valence-electron chi connectivity index (χ4n) is 11.2. The lowest BCUT2D eigenvalue weighted by Crippen LogP contribution is -2.49. The number of ether oxygens (including phenoxy) is 2. The van der Waals surface area contributed by atoms with Gasteiger partial charge in [-0.05, 0) is 153 Å². The van der Waals surface area contributed by atoms with Crippen molar-refractivity contribution in [3.8, 4) is 0 Å². The van der Waals surface area contributed by atoms with E-state index in [0.29, 0.717) is 84.5 Å². The number of nitrogens with one attached hydrogen (secondary N) is 2. The average molecular weight is 1080 g/mol. The largest absolute Gasteiger partial charge is 0.465 e. The number of carbonyl (C=O) groups is 6. The molecule has 6 aliphatic rings. The molecule has 3 unspecified atom stereocenters. The van der Waals surface area contributed by atoms with E-state index in [9.17, 15) is 54.0 Å². The van der Waals surface area contributed by atoms with Crippen molar-refractivity contribution >= 4 is 76.5 Å². The van der Waals surface area contributed by atoms with Crippen LogP contribution in [0.2, 0.25) is 0 Å². The van der Waals surface area contributed by atoms with Gasteiger partial charge in [0.1, 0.15) is 0 Å². The number of benzene rings is 5. The van der Waals surface area contributed by atoms with Crippen LogP contribution >= 0.6 is 0 Å². The summed E-state index contributed by atoms with van der Waals surface area (Å²) < 4.78 is 84.3. The first-order valence-corrected chi connectivity index (χ1v) is 28.4. The van der Waals surface area contributed by atoms with Crippen LogP contribution in [-0.2, 0) is 72.6 Å². The average Bonchev–Trinajstić information content (AvgIpc) is 4.10. The molecule has 392 valence electrons. The Kier molecular flexibility index (Phi) is 13.9. The van der Waals surface area contributed by atoms with E-state index in [2.05, 4.69) is 10.1 Å². The Hall–Kier alpha value is -7.27.